The zero-order valence-corrected chi connectivity index (χ0v) is 15.6. The van der Waals surface area contributed by atoms with Crippen molar-refractivity contribution in [2.75, 3.05) is 13.7 Å². The number of carbonyl (C=O) groups is 1. The van der Waals surface area contributed by atoms with Gasteiger partial charge in [0.25, 0.3) is 11.6 Å². The summed E-state index contributed by atoms with van der Waals surface area (Å²) >= 11 is 0. The van der Waals surface area contributed by atoms with Gasteiger partial charge < -0.3 is 14.2 Å². The highest BCUT2D eigenvalue weighted by Gasteiger charge is 2.21. The topological polar surface area (TPSA) is 90.5 Å². The second-order valence-electron chi connectivity index (χ2n) is 6.10. The van der Waals surface area contributed by atoms with Crippen molar-refractivity contribution < 1.29 is 14.5 Å². The molecule has 0 aliphatic carbocycles. The van der Waals surface area contributed by atoms with Gasteiger partial charge in [0, 0.05) is 37.1 Å². The number of rotatable bonds is 7. The number of hydrogen-bond donors (Lipinski definition) is 0. The number of methoxy groups -OCH3 is 1. The Kier molecular flexibility index (Phi) is 5.69. The highest BCUT2D eigenvalue weighted by atomic mass is 16.6. The average molecular weight is 380 g/mol. The molecule has 0 radical (unpaired) electrons. The molecule has 8 nitrogen and oxygen atoms in total. The third kappa shape index (κ3) is 4.01. The van der Waals surface area contributed by atoms with Gasteiger partial charge in [0.05, 0.1) is 18.4 Å². The number of amides is 1. The number of hydrogen-bond acceptors (Lipinski definition) is 5. The molecular weight excluding hydrogens is 360 g/mol. The fraction of sp³-hybridized carbons (Fsp3) is 0.200. The summed E-state index contributed by atoms with van der Waals surface area (Å²) in [6.07, 6.45) is 4.63. The van der Waals surface area contributed by atoms with Crippen LogP contribution in [0.2, 0.25) is 0 Å². The maximum absolute atomic E-state index is 12.9. The van der Waals surface area contributed by atoms with Gasteiger partial charge in [-0.15, -0.1) is 0 Å². The number of carbonyl (C=O) groups excluding carboxylic acids is 1. The van der Waals surface area contributed by atoms with Gasteiger partial charge in [-0.1, -0.05) is 12.1 Å². The van der Waals surface area contributed by atoms with E-state index in [4.69, 9.17) is 4.74 Å². The number of imidazole rings is 1. The summed E-state index contributed by atoms with van der Waals surface area (Å²) < 4.78 is 6.69. The zero-order valence-electron chi connectivity index (χ0n) is 15.6. The molecule has 28 heavy (non-hydrogen) atoms. The molecule has 0 saturated heterocycles. The molecule has 3 aromatic rings. The largest absolute Gasteiger partial charge is 0.497 e. The first-order valence-electron chi connectivity index (χ1n) is 8.72. The highest BCUT2D eigenvalue weighted by molar-refractivity contribution is 5.95. The van der Waals surface area contributed by atoms with Gasteiger partial charge in [-0.2, -0.15) is 0 Å². The number of aromatic nitrogens is 2. The van der Waals surface area contributed by atoms with Crippen LogP contribution in [0.5, 0.6) is 5.75 Å². The Balaban J connectivity index is 1.87. The first-order valence-corrected chi connectivity index (χ1v) is 8.72. The van der Waals surface area contributed by atoms with E-state index in [1.807, 2.05) is 31.2 Å². The van der Waals surface area contributed by atoms with Crippen molar-refractivity contribution in [3.05, 3.63) is 82.4 Å². The molecule has 0 spiro atoms. The van der Waals surface area contributed by atoms with Crippen molar-refractivity contribution in [3.8, 4) is 11.4 Å². The Morgan fingerprint density at radius 3 is 2.57 bits per heavy atom. The summed E-state index contributed by atoms with van der Waals surface area (Å²) in [5.74, 6) is 0.474. The summed E-state index contributed by atoms with van der Waals surface area (Å²) in [6, 6.07) is 11.9. The van der Waals surface area contributed by atoms with Crippen LogP contribution in [-0.2, 0) is 6.54 Å². The highest BCUT2D eigenvalue weighted by Crippen LogP contribution is 2.25. The minimum Gasteiger partial charge on any atom is -0.497 e. The van der Waals surface area contributed by atoms with Gasteiger partial charge in [0.2, 0.25) is 0 Å². The van der Waals surface area contributed by atoms with Crippen LogP contribution in [0.1, 0.15) is 22.8 Å². The molecule has 1 aromatic heterocycles. The molecule has 0 aliphatic rings. The summed E-state index contributed by atoms with van der Waals surface area (Å²) in [6.45, 7) is 2.74. The van der Waals surface area contributed by atoms with Gasteiger partial charge >= 0.3 is 0 Å². The number of ether oxygens (including phenoxy) is 1. The molecule has 8 heteroatoms. The lowest BCUT2D eigenvalue weighted by molar-refractivity contribution is -0.384. The smallest absolute Gasteiger partial charge is 0.294 e. The minimum atomic E-state index is -0.494. The number of nitro groups is 1. The fourth-order valence-electron chi connectivity index (χ4n) is 2.88. The monoisotopic (exact) mass is 380 g/mol. The second kappa shape index (κ2) is 8.34. The third-order valence-electron chi connectivity index (χ3n) is 4.40. The van der Waals surface area contributed by atoms with E-state index in [9.17, 15) is 14.9 Å². The van der Waals surface area contributed by atoms with Crippen molar-refractivity contribution in [3.63, 3.8) is 0 Å². The molecule has 0 fully saturated rings. The van der Waals surface area contributed by atoms with Crippen molar-refractivity contribution in [2.45, 2.75) is 13.5 Å². The number of nitrogens with zero attached hydrogens (tertiary/aromatic N) is 4. The maximum Gasteiger partial charge on any atom is 0.294 e. The Hall–Kier alpha value is -3.68. The lowest BCUT2D eigenvalue weighted by Crippen LogP contribution is -2.30. The lowest BCUT2D eigenvalue weighted by Gasteiger charge is -2.21. The van der Waals surface area contributed by atoms with Crippen LogP contribution < -0.4 is 4.74 Å². The van der Waals surface area contributed by atoms with E-state index in [0.29, 0.717) is 18.8 Å². The molecule has 0 aliphatic heterocycles. The summed E-state index contributed by atoms with van der Waals surface area (Å²) in [7, 11) is 1.59. The second-order valence-corrected chi connectivity index (χ2v) is 6.10. The molecule has 0 atom stereocenters. The van der Waals surface area contributed by atoms with Gasteiger partial charge in [0.15, 0.2) is 0 Å². The summed E-state index contributed by atoms with van der Waals surface area (Å²) in [5, 5.41) is 11.5. The third-order valence-corrected chi connectivity index (χ3v) is 4.40. The molecule has 0 N–H and O–H groups in total. The first-order chi connectivity index (χ1) is 13.5. The van der Waals surface area contributed by atoms with Crippen LogP contribution in [0.4, 0.5) is 5.69 Å². The van der Waals surface area contributed by atoms with Crippen LogP contribution in [-0.4, -0.2) is 38.9 Å². The molecule has 2 aromatic carbocycles. The molecule has 144 valence electrons. The van der Waals surface area contributed by atoms with Gasteiger partial charge in [-0.3, -0.25) is 14.9 Å². The Labute approximate surface area is 162 Å². The standard InChI is InChI=1S/C20H20N4O4/c1-3-22(13-15-4-7-17(28-2)8-5-15)20(25)16-6-9-18(19(12-16)24(26)27)23-11-10-21-14-23/h4-12,14H,3,13H2,1-2H3. The number of nitro benzene ring substituents is 1. The van der Waals surface area contributed by atoms with Gasteiger partial charge in [0.1, 0.15) is 11.4 Å². The minimum absolute atomic E-state index is 0.149. The van der Waals surface area contributed by atoms with Crippen molar-refractivity contribution >= 4 is 11.6 Å². The summed E-state index contributed by atoms with van der Waals surface area (Å²) in [5.41, 5.74) is 1.42. The molecule has 3 rings (SSSR count). The zero-order chi connectivity index (χ0) is 20.1. The normalized spacial score (nSPS) is 10.5. The van der Waals surface area contributed by atoms with Crippen LogP contribution in [0, 0.1) is 10.1 Å². The Morgan fingerprint density at radius 2 is 2.00 bits per heavy atom. The lowest BCUT2D eigenvalue weighted by atomic mass is 10.1. The van der Waals surface area contributed by atoms with Crippen molar-refractivity contribution in [2.24, 2.45) is 0 Å². The average Bonchev–Trinajstić information content (AvgIpc) is 3.26. The Bertz CT molecular complexity index is 968. The van der Waals surface area contributed by atoms with E-state index in [0.717, 1.165) is 11.3 Å². The van der Waals surface area contributed by atoms with E-state index in [-0.39, 0.29) is 17.2 Å². The first kappa shape index (κ1) is 19.1. The maximum atomic E-state index is 12.9. The van der Waals surface area contributed by atoms with Crippen LogP contribution in [0.25, 0.3) is 5.69 Å². The van der Waals surface area contributed by atoms with Crippen molar-refractivity contribution in [1.82, 2.24) is 14.5 Å². The van der Waals surface area contributed by atoms with E-state index in [2.05, 4.69) is 4.98 Å². The van der Waals surface area contributed by atoms with Crippen LogP contribution in [0.3, 0.4) is 0 Å². The van der Waals surface area contributed by atoms with E-state index in [1.54, 1.807) is 34.9 Å². The predicted molar refractivity (Wildman–Crippen MR) is 104 cm³/mol. The SMILES string of the molecule is CCN(Cc1ccc(OC)cc1)C(=O)c1ccc(-n2ccnc2)c([N+](=O)[O-])c1. The summed E-state index contributed by atoms with van der Waals surface area (Å²) in [4.78, 5) is 29.5. The van der Waals surface area contributed by atoms with E-state index in [1.165, 1.54) is 18.6 Å². The van der Waals surface area contributed by atoms with E-state index < -0.39 is 4.92 Å². The molecular formula is C20H20N4O4. The van der Waals surface area contributed by atoms with Gasteiger partial charge in [-0.05, 0) is 36.8 Å². The van der Waals surface area contributed by atoms with Crippen molar-refractivity contribution in [1.29, 1.82) is 0 Å². The molecule has 0 unspecified atom stereocenters. The van der Waals surface area contributed by atoms with Gasteiger partial charge in [-0.25, -0.2) is 4.98 Å². The van der Waals surface area contributed by atoms with Crippen LogP contribution in [0.15, 0.2) is 61.2 Å². The molecule has 1 heterocycles. The molecule has 1 amide bonds. The number of benzene rings is 2. The predicted octanol–water partition coefficient (Wildman–Crippen LogP) is 3.45. The molecule has 0 saturated carbocycles. The fourth-order valence-corrected chi connectivity index (χ4v) is 2.88. The van der Waals surface area contributed by atoms with E-state index >= 15 is 0 Å². The quantitative estimate of drug-likeness (QED) is 0.462. The Morgan fingerprint density at radius 1 is 1.25 bits per heavy atom. The van der Waals surface area contributed by atoms with Crippen LogP contribution >= 0.6 is 0 Å². The molecule has 0 bridgehead atoms.